The highest BCUT2D eigenvalue weighted by Gasteiger charge is 2.25. The summed E-state index contributed by atoms with van der Waals surface area (Å²) in [5, 5.41) is 6.16. The first-order chi connectivity index (χ1) is 8.65. The molecular weight excluding hydrogens is 244 g/mol. The summed E-state index contributed by atoms with van der Waals surface area (Å²) in [5.74, 6) is 0. The molecular formula is C14H28N2OS. The van der Waals surface area contributed by atoms with Gasteiger partial charge in [-0.15, -0.1) is 0 Å². The van der Waals surface area contributed by atoms with E-state index in [0.29, 0.717) is 6.04 Å². The first kappa shape index (κ1) is 15.7. The molecule has 1 rings (SSSR count). The molecule has 0 unspecified atom stereocenters. The molecule has 0 aromatic heterocycles. The van der Waals surface area contributed by atoms with Crippen LogP contribution in [0.2, 0.25) is 0 Å². The Morgan fingerprint density at radius 3 is 2.33 bits per heavy atom. The molecule has 18 heavy (non-hydrogen) atoms. The smallest absolute Gasteiger partial charge is 0.315 e. The number of nitrogens with one attached hydrogen (secondary N) is 2. The minimum absolute atomic E-state index is 0.0159. The van der Waals surface area contributed by atoms with Gasteiger partial charge >= 0.3 is 6.03 Å². The van der Waals surface area contributed by atoms with Crippen molar-refractivity contribution in [3.05, 3.63) is 0 Å². The molecule has 3 nitrogen and oxygen atoms in total. The van der Waals surface area contributed by atoms with Crippen LogP contribution in [0.1, 0.15) is 58.8 Å². The van der Waals surface area contributed by atoms with E-state index in [1.165, 1.54) is 19.3 Å². The topological polar surface area (TPSA) is 41.1 Å². The molecule has 0 heterocycles. The van der Waals surface area contributed by atoms with Gasteiger partial charge in [0, 0.05) is 17.3 Å². The van der Waals surface area contributed by atoms with Crippen molar-refractivity contribution in [2.75, 3.05) is 12.8 Å². The summed E-state index contributed by atoms with van der Waals surface area (Å²) in [5.41, 5.74) is 0. The fourth-order valence-corrected chi connectivity index (χ4v) is 3.38. The maximum Gasteiger partial charge on any atom is 0.315 e. The Morgan fingerprint density at radius 1 is 1.22 bits per heavy atom. The van der Waals surface area contributed by atoms with Gasteiger partial charge in [0.2, 0.25) is 0 Å². The summed E-state index contributed by atoms with van der Waals surface area (Å²) >= 11 is 1.86. The highest BCUT2D eigenvalue weighted by Crippen LogP contribution is 2.29. The summed E-state index contributed by atoms with van der Waals surface area (Å²) in [6.07, 6.45) is 10.4. The monoisotopic (exact) mass is 272 g/mol. The summed E-state index contributed by atoms with van der Waals surface area (Å²) in [6, 6.07) is 0.410. The molecule has 1 aliphatic carbocycles. The van der Waals surface area contributed by atoms with Gasteiger partial charge in [0.05, 0.1) is 0 Å². The fraction of sp³-hybridized carbons (Fsp3) is 0.929. The number of thioether (sulfide) groups is 1. The van der Waals surface area contributed by atoms with Crippen LogP contribution in [0, 0.1) is 0 Å². The summed E-state index contributed by atoms with van der Waals surface area (Å²) in [7, 11) is 0. The van der Waals surface area contributed by atoms with Crippen molar-refractivity contribution in [2.24, 2.45) is 0 Å². The van der Waals surface area contributed by atoms with Crippen LogP contribution >= 0.6 is 11.8 Å². The molecule has 0 aromatic rings. The summed E-state index contributed by atoms with van der Waals surface area (Å²) < 4.78 is 0.198. The van der Waals surface area contributed by atoms with Crippen molar-refractivity contribution in [3.63, 3.8) is 0 Å². The number of hydrogen-bond donors (Lipinski definition) is 2. The van der Waals surface area contributed by atoms with Gasteiger partial charge in [-0.3, -0.25) is 0 Å². The molecule has 0 saturated heterocycles. The lowest BCUT2D eigenvalue weighted by molar-refractivity contribution is 0.231. The predicted octanol–water partition coefficient (Wildman–Crippen LogP) is 3.54. The molecule has 0 aliphatic heterocycles. The number of hydrogen-bond acceptors (Lipinski definition) is 2. The molecule has 0 spiro atoms. The molecule has 4 heteroatoms. The SMILES string of the molecule is CCC(CC)(CNC(=O)NC1CCCCC1)SC. The number of amides is 2. The van der Waals surface area contributed by atoms with Gasteiger partial charge in [-0.05, 0) is 31.9 Å². The average molecular weight is 272 g/mol. The van der Waals surface area contributed by atoms with Gasteiger partial charge in [-0.2, -0.15) is 11.8 Å². The van der Waals surface area contributed by atoms with Crippen LogP contribution in [0.4, 0.5) is 4.79 Å². The lowest BCUT2D eigenvalue weighted by Crippen LogP contribution is -2.47. The van der Waals surface area contributed by atoms with E-state index in [9.17, 15) is 4.79 Å². The minimum atomic E-state index is 0.0159. The molecule has 1 fully saturated rings. The molecule has 1 saturated carbocycles. The van der Waals surface area contributed by atoms with Crippen molar-refractivity contribution in [2.45, 2.75) is 69.6 Å². The Labute approximate surface area is 116 Å². The molecule has 1 aliphatic rings. The molecule has 0 radical (unpaired) electrons. The van der Waals surface area contributed by atoms with E-state index in [-0.39, 0.29) is 10.8 Å². The molecule has 0 bridgehead atoms. The van der Waals surface area contributed by atoms with Crippen LogP contribution in [0.5, 0.6) is 0 Å². The third-order valence-electron chi connectivity index (χ3n) is 4.23. The highest BCUT2D eigenvalue weighted by molar-refractivity contribution is 8.00. The van der Waals surface area contributed by atoms with Gasteiger partial charge in [0.25, 0.3) is 0 Å². The third kappa shape index (κ3) is 4.71. The Balaban J connectivity index is 2.30. The predicted molar refractivity (Wildman–Crippen MR) is 80.2 cm³/mol. The van der Waals surface area contributed by atoms with E-state index >= 15 is 0 Å². The first-order valence-electron chi connectivity index (χ1n) is 7.25. The van der Waals surface area contributed by atoms with Crippen LogP contribution in [-0.4, -0.2) is 29.6 Å². The van der Waals surface area contributed by atoms with Gasteiger partial charge < -0.3 is 10.6 Å². The van der Waals surface area contributed by atoms with Crippen LogP contribution < -0.4 is 10.6 Å². The summed E-state index contributed by atoms with van der Waals surface area (Å²) in [6.45, 7) is 5.15. The largest absolute Gasteiger partial charge is 0.337 e. The van der Waals surface area contributed by atoms with Crippen molar-refractivity contribution >= 4 is 17.8 Å². The van der Waals surface area contributed by atoms with Gasteiger partial charge in [-0.25, -0.2) is 4.79 Å². The van der Waals surface area contributed by atoms with Crippen LogP contribution in [0.25, 0.3) is 0 Å². The molecule has 2 N–H and O–H groups in total. The average Bonchev–Trinajstić information content (AvgIpc) is 2.42. The zero-order chi connectivity index (χ0) is 13.4. The number of urea groups is 1. The lowest BCUT2D eigenvalue weighted by Gasteiger charge is -2.30. The van der Waals surface area contributed by atoms with E-state index in [2.05, 4.69) is 30.7 Å². The van der Waals surface area contributed by atoms with Gasteiger partial charge in [0.1, 0.15) is 0 Å². The molecule has 0 aromatic carbocycles. The zero-order valence-electron chi connectivity index (χ0n) is 12.1. The fourth-order valence-electron chi connectivity index (χ4n) is 2.59. The van der Waals surface area contributed by atoms with E-state index in [1.807, 2.05) is 11.8 Å². The molecule has 0 atom stereocenters. The lowest BCUT2D eigenvalue weighted by atomic mass is 9.96. The van der Waals surface area contributed by atoms with Crippen LogP contribution in [0.15, 0.2) is 0 Å². The van der Waals surface area contributed by atoms with Crippen molar-refractivity contribution in [1.82, 2.24) is 10.6 Å². The van der Waals surface area contributed by atoms with Crippen LogP contribution in [0.3, 0.4) is 0 Å². The van der Waals surface area contributed by atoms with E-state index in [0.717, 1.165) is 32.2 Å². The number of carbonyl (C=O) groups excluding carboxylic acids is 1. The molecule has 106 valence electrons. The Kier molecular flexibility index (Phi) is 6.90. The Morgan fingerprint density at radius 2 is 1.83 bits per heavy atom. The third-order valence-corrected chi connectivity index (χ3v) is 5.82. The van der Waals surface area contributed by atoms with E-state index in [4.69, 9.17) is 0 Å². The second-order valence-electron chi connectivity index (χ2n) is 5.26. The second kappa shape index (κ2) is 7.93. The van der Waals surface area contributed by atoms with E-state index in [1.54, 1.807) is 0 Å². The zero-order valence-corrected chi connectivity index (χ0v) is 12.9. The first-order valence-corrected chi connectivity index (χ1v) is 8.47. The Hall–Kier alpha value is -0.380. The van der Waals surface area contributed by atoms with Crippen molar-refractivity contribution < 1.29 is 4.79 Å². The second-order valence-corrected chi connectivity index (χ2v) is 6.53. The quantitative estimate of drug-likeness (QED) is 0.776. The normalized spacial score (nSPS) is 17.5. The highest BCUT2D eigenvalue weighted by atomic mass is 32.2. The van der Waals surface area contributed by atoms with Crippen LogP contribution in [-0.2, 0) is 0 Å². The number of rotatable bonds is 6. The van der Waals surface area contributed by atoms with Crippen molar-refractivity contribution in [1.29, 1.82) is 0 Å². The Bertz CT molecular complexity index is 240. The minimum Gasteiger partial charge on any atom is -0.337 e. The molecule has 2 amide bonds. The number of carbonyl (C=O) groups is 1. The van der Waals surface area contributed by atoms with Gasteiger partial charge in [0.15, 0.2) is 0 Å². The summed E-state index contributed by atoms with van der Waals surface area (Å²) in [4.78, 5) is 11.9. The standard InChI is InChI=1S/C14H28N2OS/c1-4-14(5-2,18-3)11-15-13(17)16-12-9-7-6-8-10-12/h12H,4-11H2,1-3H3,(H2,15,16,17). The maximum atomic E-state index is 11.9. The van der Waals surface area contributed by atoms with Gasteiger partial charge in [-0.1, -0.05) is 33.1 Å². The maximum absolute atomic E-state index is 11.9. The van der Waals surface area contributed by atoms with E-state index < -0.39 is 0 Å². The van der Waals surface area contributed by atoms with Crippen molar-refractivity contribution in [3.8, 4) is 0 Å².